The molecular formula is C17H12N4O2S. The Labute approximate surface area is 138 Å². The molecule has 3 aromatic heterocycles. The van der Waals surface area contributed by atoms with Gasteiger partial charge in [0.1, 0.15) is 4.90 Å². The summed E-state index contributed by atoms with van der Waals surface area (Å²) in [5, 5.41) is 4.10. The van der Waals surface area contributed by atoms with Gasteiger partial charge in [0, 0.05) is 24.2 Å². The van der Waals surface area contributed by atoms with Crippen LogP contribution >= 0.6 is 0 Å². The number of hydrogen-bond donors (Lipinski definition) is 0. The van der Waals surface area contributed by atoms with Gasteiger partial charge in [0.25, 0.3) is 0 Å². The fourth-order valence-electron chi connectivity index (χ4n) is 2.44. The van der Waals surface area contributed by atoms with Crippen LogP contribution < -0.4 is 0 Å². The molecule has 0 atom stereocenters. The molecule has 0 aliphatic rings. The third-order valence-corrected chi connectivity index (χ3v) is 5.40. The lowest BCUT2D eigenvalue weighted by molar-refractivity contribution is 0.597. The van der Waals surface area contributed by atoms with Crippen molar-refractivity contribution < 1.29 is 8.42 Å². The molecule has 0 amide bonds. The Morgan fingerprint density at radius 2 is 1.75 bits per heavy atom. The summed E-state index contributed by atoms with van der Waals surface area (Å²) in [4.78, 5) is 8.84. The van der Waals surface area contributed by atoms with E-state index in [0.29, 0.717) is 11.3 Å². The Bertz CT molecular complexity index is 1110. The van der Waals surface area contributed by atoms with Crippen LogP contribution in [-0.4, -0.2) is 28.0 Å². The molecule has 0 aliphatic carbocycles. The van der Waals surface area contributed by atoms with Gasteiger partial charge in [-0.3, -0.25) is 4.98 Å². The maximum absolute atomic E-state index is 12.9. The molecular weight excluding hydrogens is 324 g/mol. The molecule has 7 heteroatoms. The first-order valence-corrected chi connectivity index (χ1v) is 8.69. The van der Waals surface area contributed by atoms with Gasteiger partial charge in [-0.15, -0.1) is 0 Å². The molecule has 0 aliphatic heterocycles. The molecule has 0 spiro atoms. The molecule has 24 heavy (non-hydrogen) atoms. The molecule has 0 N–H and O–H groups in total. The zero-order valence-electron chi connectivity index (χ0n) is 12.4. The summed E-state index contributed by atoms with van der Waals surface area (Å²) in [5.74, 6) is 0. The summed E-state index contributed by atoms with van der Waals surface area (Å²) >= 11 is 0. The van der Waals surface area contributed by atoms with Gasteiger partial charge in [-0.2, -0.15) is 5.10 Å². The Balaban J connectivity index is 1.91. The second kappa shape index (κ2) is 5.54. The van der Waals surface area contributed by atoms with E-state index in [9.17, 15) is 8.42 Å². The van der Waals surface area contributed by atoms with Crippen molar-refractivity contribution in [2.24, 2.45) is 0 Å². The predicted octanol–water partition coefficient (Wildman–Crippen LogP) is 2.62. The third kappa shape index (κ3) is 2.35. The highest BCUT2D eigenvalue weighted by atomic mass is 32.2. The number of fused-ring (bicyclic) bond motifs is 1. The number of sulfone groups is 1. The highest BCUT2D eigenvalue weighted by Crippen LogP contribution is 2.25. The maximum Gasteiger partial charge on any atom is 0.211 e. The van der Waals surface area contributed by atoms with Crippen LogP contribution in [0.1, 0.15) is 0 Å². The fraction of sp³-hybridized carbons (Fsp3) is 0. The van der Waals surface area contributed by atoms with E-state index in [2.05, 4.69) is 15.1 Å². The van der Waals surface area contributed by atoms with Crippen molar-refractivity contribution in [2.45, 2.75) is 9.79 Å². The van der Waals surface area contributed by atoms with Crippen LogP contribution in [0.2, 0.25) is 0 Å². The van der Waals surface area contributed by atoms with Crippen LogP contribution in [0.25, 0.3) is 16.9 Å². The lowest BCUT2D eigenvalue weighted by atomic mass is 10.2. The Hall–Kier alpha value is -3.06. The van der Waals surface area contributed by atoms with Crippen molar-refractivity contribution in [2.75, 3.05) is 0 Å². The minimum Gasteiger partial charge on any atom is -0.264 e. The van der Waals surface area contributed by atoms with Gasteiger partial charge in [-0.25, -0.2) is 17.9 Å². The minimum absolute atomic E-state index is 0.0828. The van der Waals surface area contributed by atoms with Crippen molar-refractivity contribution in [3.05, 3.63) is 73.3 Å². The Morgan fingerprint density at radius 1 is 0.917 bits per heavy atom. The Morgan fingerprint density at radius 3 is 2.50 bits per heavy atom. The summed E-state index contributed by atoms with van der Waals surface area (Å²) in [6.07, 6.45) is 6.37. The molecule has 0 saturated carbocycles. The van der Waals surface area contributed by atoms with Crippen LogP contribution in [0.3, 0.4) is 0 Å². The molecule has 3 heterocycles. The summed E-state index contributed by atoms with van der Waals surface area (Å²) in [6, 6.07) is 13.7. The van der Waals surface area contributed by atoms with Crippen molar-refractivity contribution in [3.8, 4) is 11.3 Å². The van der Waals surface area contributed by atoms with Gasteiger partial charge in [0.2, 0.25) is 9.84 Å². The quantitative estimate of drug-likeness (QED) is 0.575. The molecule has 4 aromatic rings. The SMILES string of the molecule is O=S(=O)(c1ccccc1)c1cnn2ccc(-c3cccnc3)nc12. The van der Waals surface area contributed by atoms with E-state index in [-0.39, 0.29) is 9.79 Å². The van der Waals surface area contributed by atoms with Gasteiger partial charge in [-0.1, -0.05) is 18.2 Å². The first-order chi connectivity index (χ1) is 11.7. The summed E-state index contributed by atoms with van der Waals surface area (Å²) in [5.41, 5.74) is 1.74. The van der Waals surface area contributed by atoms with E-state index in [1.54, 1.807) is 61.1 Å². The third-order valence-electron chi connectivity index (χ3n) is 3.64. The van der Waals surface area contributed by atoms with Crippen molar-refractivity contribution >= 4 is 15.5 Å². The molecule has 1 aromatic carbocycles. The van der Waals surface area contributed by atoms with Gasteiger partial charge in [0.05, 0.1) is 16.8 Å². The maximum atomic E-state index is 12.9. The molecule has 0 bridgehead atoms. The van der Waals surface area contributed by atoms with Gasteiger partial charge in [-0.05, 0) is 30.3 Å². The number of pyridine rings is 1. The number of nitrogens with zero attached hydrogens (tertiary/aromatic N) is 4. The second-order valence-corrected chi connectivity index (χ2v) is 7.07. The van der Waals surface area contributed by atoms with E-state index in [1.165, 1.54) is 10.7 Å². The molecule has 4 rings (SSSR count). The van der Waals surface area contributed by atoms with Crippen molar-refractivity contribution in [1.29, 1.82) is 0 Å². The topological polar surface area (TPSA) is 77.2 Å². The lowest BCUT2D eigenvalue weighted by Crippen LogP contribution is -2.02. The molecule has 0 saturated heterocycles. The molecule has 0 radical (unpaired) electrons. The summed E-state index contributed by atoms with van der Waals surface area (Å²) in [6.45, 7) is 0. The standard InChI is InChI=1S/C17H12N4O2S/c22-24(23,14-6-2-1-3-7-14)16-12-19-21-10-8-15(20-17(16)21)13-5-4-9-18-11-13/h1-12H. The van der Waals surface area contributed by atoms with E-state index < -0.39 is 9.84 Å². The van der Waals surface area contributed by atoms with Gasteiger partial charge < -0.3 is 0 Å². The zero-order chi connectivity index (χ0) is 16.6. The van der Waals surface area contributed by atoms with Crippen molar-refractivity contribution in [3.63, 3.8) is 0 Å². The van der Waals surface area contributed by atoms with Crippen LogP contribution in [0.15, 0.2) is 83.1 Å². The van der Waals surface area contributed by atoms with E-state index >= 15 is 0 Å². The van der Waals surface area contributed by atoms with E-state index in [4.69, 9.17) is 0 Å². The number of aromatic nitrogens is 4. The van der Waals surface area contributed by atoms with E-state index in [0.717, 1.165) is 5.56 Å². The zero-order valence-corrected chi connectivity index (χ0v) is 13.3. The van der Waals surface area contributed by atoms with Crippen molar-refractivity contribution in [1.82, 2.24) is 19.6 Å². The van der Waals surface area contributed by atoms with Crippen LogP contribution in [0.4, 0.5) is 0 Å². The minimum atomic E-state index is -3.68. The largest absolute Gasteiger partial charge is 0.264 e. The number of benzene rings is 1. The van der Waals surface area contributed by atoms with E-state index in [1.807, 2.05) is 6.07 Å². The summed E-state index contributed by atoms with van der Waals surface area (Å²) in [7, 11) is -3.68. The average Bonchev–Trinajstić information content (AvgIpc) is 3.07. The van der Waals surface area contributed by atoms with Gasteiger partial charge in [0.15, 0.2) is 5.65 Å². The normalized spacial score (nSPS) is 11.7. The lowest BCUT2D eigenvalue weighted by Gasteiger charge is -2.04. The average molecular weight is 336 g/mol. The van der Waals surface area contributed by atoms with Gasteiger partial charge >= 0.3 is 0 Å². The molecule has 118 valence electrons. The Kier molecular flexibility index (Phi) is 3.35. The summed E-state index contributed by atoms with van der Waals surface area (Å²) < 4.78 is 27.2. The molecule has 0 unspecified atom stereocenters. The number of hydrogen-bond acceptors (Lipinski definition) is 5. The predicted molar refractivity (Wildman–Crippen MR) is 88.1 cm³/mol. The second-order valence-electron chi connectivity index (χ2n) is 5.15. The fourth-order valence-corrected chi connectivity index (χ4v) is 3.77. The van der Waals surface area contributed by atoms with Crippen LogP contribution in [0, 0.1) is 0 Å². The first kappa shape index (κ1) is 14.5. The van der Waals surface area contributed by atoms with Crippen LogP contribution in [0.5, 0.6) is 0 Å². The first-order valence-electron chi connectivity index (χ1n) is 7.21. The smallest absolute Gasteiger partial charge is 0.211 e. The molecule has 6 nitrogen and oxygen atoms in total. The highest BCUT2D eigenvalue weighted by molar-refractivity contribution is 7.91. The molecule has 0 fully saturated rings. The number of rotatable bonds is 3. The monoisotopic (exact) mass is 336 g/mol. The highest BCUT2D eigenvalue weighted by Gasteiger charge is 2.23. The van der Waals surface area contributed by atoms with Crippen LogP contribution in [-0.2, 0) is 9.84 Å².